The molecule has 2 aromatic heterocycles. The third-order valence-corrected chi connectivity index (χ3v) is 8.11. The number of benzene rings is 1. The van der Waals surface area contributed by atoms with Crippen LogP contribution in [0.3, 0.4) is 0 Å². The largest absolute Gasteiger partial charge is 0.550 e. The highest BCUT2D eigenvalue weighted by atomic mass is 32.2. The van der Waals surface area contributed by atoms with Crippen molar-refractivity contribution in [3.05, 3.63) is 76.3 Å². The number of rotatable bonds is 8. The highest BCUT2D eigenvalue weighted by molar-refractivity contribution is 7.89. The molecule has 1 saturated carbocycles. The number of carboxylic acid groups (broad SMARTS) is 1. The lowest BCUT2D eigenvalue weighted by Gasteiger charge is -2.23. The summed E-state index contributed by atoms with van der Waals surface area (Å²) in [5, 5.41) is 14.1. The Morgan fingerprint density at radius 3 is 2.52 bits per heavy atom. The summed E-state index contributed by atoms with van der Waals surface area (Å²) in [4.78, 5) is 28.6. The summed E-state index contributed by atoms with van der Waals surface area (Å²) in [6.45, 7) is 0. The van der Waals surface area contributed by atoms with Gasteiger partial charge in [0.1, 0.15) is 4.90 Å². The number of aromatic nitrogens is 3. The van der Waals surface area contributed by atoms with E-state index in [-0.39, 0.29) is 28.7 Å². The SMILES string of the molecule is CN(C1CCCC1)S(=O)(=O)c1ccc(-n2[nH]cc(C(CC(=O)[O-])c3ccccc3)c2=O)nc1. The lowest BCUT2D eigenvalue weighted by molar-refractivity contribution is -0.306. The van der Waals surface area contributed by atoms with Crippen LogP contribution in [-0.4, -0.2) is 46.5 Å². The van der Waals surface area contributed by atoms with E-state index in [9.17, 15) is 23.1 Å². The van der Waals surface area contributed by atoms with Crippen molar-refractivity contribution in [3.63, 3.8) is 0 Å². The van der Waals surface area contributed by atoms with Gasteiger partial charge in [0.2, 0.25) is 10.0 Å². The third-order valence-electron chi connectivity index (χ3n) is 6.21. The molecule has 0 amide bonds. The van der Waals surface area contributed by atoms with E-state index in [0.29, 0.717) is 5.56 Å². The lowest BCUT2D eigenvalue weighted by atomic mass is 9.90. The topological polar surface area (TPSA) is 128 Å². The molecule has 10 heteroatoms. The van der Waals surface area contributed by atoms with Gasteiger partial charge in [-0.1, -0.05) is 43.2 Å². The van der Waals surface area contributed by atoms with E-state index in [4.69, 9.17) is 0 Å². The smallest absolute Gasteiger partial charge is 0.276 e. The first-order valence-electron chi connectivity index (χ1n) is 10.8. The molecule has 1 fully saturated rings. The maximum Gasteiger partial charge on any atom is 0.276 e. The first-order chi connectivity index (χ1) is 15.8. The van der Waals surface area contributed by atoms with E-state index in [2.05, 4.69) is 10.1 Å². The predicted octanol–water partition coefficient (Wildman–Crippen LogP) is 1.40. The minimum Gasteiger partial charge on any atom is -0.550 e. The van der Waals surface area contributed by atoms with Crippen LogP contribution in [0.5, 0.6) is 0 Å². The Labute approximate surface area is 191 Å². The van der Waals surface area contributed by atoms with Crippen LogP contribution in [0, 0.1) is 0 Å². The van der Waals surface area contributed by atoms with Crippen LogP contribution >= 0.6 is 0 Å². The van der Waals surface area contributed by atoms with Crippen LogP contribution in [0.15, 0.2) is 64.5 Å². The quantitative estimate of drug-likeness (QED) is 0.531. The maximum absolute atomic E-state index is 13.1. The minimum atomic E-state index is -3.69. The van der Waals surface area contributed by atoms with Crippen LogP contribution in [0.4, 0.5) is 0 Å². The van der Waals surface area contributed by atoms with Gasteiger partial charge >= 0.3 is 0 Å². The maximum atomic E-state index is 13.1. The molecule has 1 aliphatic rings. The number of aromatic amines is 1. The number of carbonyl (C=O) groups is 1. The second-order valence-electron chi connectivity index (χ2n) is 8.22. The fourth-order valence-electron chi connectivity index (χ4n) is 4.35. The fourth-order valence-corrected chi connectivity index (χ4v) is 5.71. The molecule has 0 spiro atoms. The monoisotopic (exact) mass is 469 g/mol. The van der Waals surface area contributed by atoms with Gasteiger partial charge in [-0.05, 0) is 37.0 Å². The Morgan fingerprint density at radius 1 is 1.21 bits per heavy atom. The fraction of sp³-hybridized carbons (Fsp3) is 0.348. The number of hydrogen-bond acceptors (Lipinski definition) is 6. The van der Waals surface area contributed by atoms with Gasteiger partial charge in [0.05, 0.1) is 0 Å². The lowest BCUT2D eigenvalue weighted by Crippen LogP contribution is -2.35. The molecule has 0 radical (unpaired) electrons. The van der Waals surface area contributed by atoms with Crippen molar-refractivity contribution in [2.45, 2.75) is 49.0 Å². The highest BCUT2D eigenvalue weighted by Gasteiger charge is 2.30. The zero-order chi connectivity index (χ0) is 23.6. The van der Waals surface area contributed by atoms with Crippen LogP contribution in [0.1, 0.15) is 49.1 Å². The summed E-state index contributed by atoms with van der Waals surface area (Å²) >= 11 is 0. The molecule has 1 atom stereocenters. The number of nitrogens with zero attached hydrogens (tertiary/aromatic N) is 3. The molecule has 0 bridgehead atoms. The summed E-state index contributed by atoms with van der Waals surface area (Å²) in [5.74, 6) is -1.76. The van der Waals surface area contributed by atoms with Gasteiger partial charge in [-0.3, -0.25) is 9.89 Å². The first-order valence-corrected chi connectivity index (χ1v) is 12.2. The number of carboxylic acids is 1. The van der Waals surface area contributed by atoms with Crippen molar-refractivity contribution in [3.8, 4) is 5.82 Å². The van der Waals surface area contributed by atoms with Gasteiger partial charge < -0.3 is 9.90 Å². The average molecular weight is 470 g/mol. The highest BCUT2D eigenvalue weighted by Crippen LogP contribution is 2.28. The number of H-pyrrole nitrogens is 1. The van der Waals surface area contributed by atoms with Crippen LogP contribution in [0.2, 0.25) is 0 Å². The number of hydrogen-bond donors (Lipinski definition) is 1. The van der Waals surface area contributed by atoms with Gasteiger partial charge in [0, 0.05) is 42.9 Å². The molecule has 9 nitrogen and oxygen atoms in total. The summed E-state index contributed by atoms with van der Waals surface area (Å²) in [5.41, 5.74) is 0.468. The van der Waals surface area contributed by atoms with Crippen LogP contribution < -0.4 is 10.7 Å². The van der Waals surface area contributed by atoms with E-state index >= 15 is 0 Å². The molecule has 2 heterocycles. The third kappa shape index (κ3) is 4.62. The summed E-state index contributed by atoms with van der Waals surface area (Å²) in [7, 11) is -2.10. The van der Waals surface area contributed by atoms with Gasteiger partial charge in [0.15, 0.2) is 5.82 Å². The Morgan fingerprint density at radius 2 is 1.91 bits per heavy atom. The average Bonchev–Trinajstić information content (AvgIpc) is 3.48. The zero-order valence-electron chi connectivity index (χ0n) is 18.2. The number of sulfonamides is 1. The van der Waals surface area contributed by atoms with Crippen molar-refractivity contribution >= 4 is 16.0 Å². The number of pyridine rings is 1. The minimum absolute atomic E-state index is 0.0121. The van der Waals surface area contributed by atoms with Gasteiger partial charge in [-0.2, -0.15) is 4.31 Å². The van der Waals surface area contributed by atoms with Gasteiger partial charge in [-0.25, -0.2) is 18.1 Å². The van der Waals surface area contributed by atoms with E-state index < -0.39 is 27.5 Å². The van der Waals surface area contributed by atoms with Gasteiger partial charge in [-0.15, -0.1) is 0 Å². The zero-order valence-corrected chi connectivity index (χ0v) is 19.0. The molecular weight excluding hydrogens is 444 g/mol. The van der Waals surface area contributed by atoms with Crippen molar-refractivity contribution in [1.82, 2.24) is 19.1 Å². The summed E-state index contributed by atoms with van der Waals surface area (Å²) < 4.78 is 28.4. The Balaban J connectivity index is 1.63. The molecular formula is C23H25N4O5S-. The second-order valence-corrected chi connectivity index (χ2v) is 10.2. The molecule has 1 N–H and O–H groups in total. The van der Waals surface area contributed by atoms with Crippen molar-refractivity contribution < 1.29 is 18.3 Å². The first kappa shape index (κ1) is 22.9. The molecule has 3 aromatic rings. The standard InChI is InChI=1S/C23H26N4O5S/c1-26(17-9-5-6-10-17)33(31,32)18-11-12-21(24-14-18)27-23(30)20(15-25-27)19(13-22(28)29)16-7-3-2-4-8-16/h2-4,7-8,11-12,14-15,17,19,25H,5-6,9-10,13H2,1H3,(H,28,29)/p-1. The van der Waals surface area contributed by atoms with E-state index in [1.165, 1.54) is 28.8 Å². The van der Waals surface area contributed by atoms with Crippen LogP contribution in [0.25, 0.3) is 5.82 Å². The normalized spacial score (nSPS) is 15.7. The van der Waals surface area contributed by atoms with Crippen LogP contribution in [-0.2, 0) is 14.8 Å². The Hall–Kier alpha value is -3.24. The summed E-state index contributed by atoms with van der Waals surface area (Å²) in [6, 6.07) is 11.7. The Kier molecular flexibility index (Phi) is 6.48. The molecule has 0 aliphatic heterocycles. The van der Waals surface area contributed by atoms with E-state index in [0.717, 1.165) is 30.4 Å². The van der Waals surface area contributed by atoms with Crippen molar-refractivity contribution in [2.24, 2.45) is 0 Å². The molecule has 1 aliphatic carbocycles. The van der Waals surface area contributed by atoms with Gasteiger partial charge in [0.25, 0.3) is 5.56 Å². The molecule has 33 heavy (non-hydrogen) atoms. The second kappa shape index (κ2) is 9.32. The molecule has 1 unspecified atom stereocenters. The molecule has 1 aromatic carbocycles. The van der Waals surface area contributed by atoms with Crippen molar-refractivity contribution in [2.75, 3.05) is 7.05 Å². The summed E-state index contributed by atoms with van der Waals surface area (Å²) in [6.07, 6.45) is 6.05. The predicted molar refractivity (Wildman–Crippen MR) is 119 cm³/mol. The van der Waals surface area contributed by atoms with E-state index in [1.807, 2.05) is 0 Å². The Bertz CT molecular complexity index is 1280. The van der Waals surface area contributed by atoms with E-state index in [1.54, 1.807) is 37.4 Å². The molecule has 0 saturated heterocycles. The number of carbonyl (C=O) groups excluding carboxylic acids is 1. The molecule has 4 rings (SSSR count). The molecule has 174 valence electrons. The number of aliphatic carboxylic acids is 1. The number of nitrogens with one attached hydrogen (secondary N) is 1. The van der Waals surface area contributed by atoms with Crippen molar-refractivity contribution in [1.29, 1.82) is 0 Å².